The summed E-state index contributed by atoms with van der Waals surface area (Å²) in [7, 11) is 0. The summed E-state index contributed by atoms with van der Waals surface area (Å²) in [6.45, 7) is 0.601. The minimum absolute atomic E-state index is 0.0641. The van der Waals surface area contributed by atoms with E-state index in [1.807, 2.05) is 72.8 Å². The number of aliphatic imine (C=N–C) groups is 1. The highest BCUT2D eigenvalue weighted by molar-refractivity contribution is 9.10. The molecule has 3 aromatic rings. The number of rotatable bonds is 12. The number of aliphatic hydroxyl groups is 1. The molecule has 0 unspecified atom stereocenters. The largest absolute Gasteiger partial charge is 0.494 e. The lowest BCUT2D eigenvalue weighted by Crippen LogP contribution is -2.50. The number of nitrogens with one attached hydrogen (secondary N) is 1. The molecule has 0 aromatic heterocycles. The highest BCUT2D eigenvalue weighted by Gasteiger charge is 2.54. The average Bonchev–Trinajstić information content (AvgIpc) is 3.71. The zero-order valence-corrected chi connectivity index (χ0v) is 23.5. The van der Waals surface area contributed by atoms with Crippen LogP contribution in [0.15, 0.2) is 87.4 Å². The van der Waals surface area contributed by atoms with Crippen molar-refractivity contribution in [3.05, 3.63) is 110 Å². The lowest BCUT2D eigenvalue weighted by atomic mass is 9.80. The number of aliphatic hydroxyl groups excluding tert-OH is 1. The lowest BCUT2D eigenvalue weighted by Gasteiger charge is -2.32. The van der Waals surface area contributed by atoms with E-state index in [2.05, 4.69) is 31.3 Å². The third-order valence-corrected chi connectivity index (χ3v) is 7.50. The van der Waals surface area contributed by atoms with Gasteiger partial charge in [0, 0.05) is 40.4 Å². The van der Waals surface area contributed by atoms with Crippen molar-refractivity contribution < 1.29 is 19.4 Å². The second kappa shape index (κ2) is 12.6. The van der Waals surface area contributed by atoms with Crippen LogP contribution in [0.2, 0.25) is 0 Å². The number of nitrogens with zero attached hydrogens (tertiary/aromatic N) is 4. The van der Waals surface area contributed by atoms with E-state index in [0.29, 0.717) is 36.7 Å². The maximum atomic E-state index is 14.1. The minimum atomic E-state index is -1.30. The van der Waals surface area contributed by atoms with Gasteiger partial charge in [0.2, 0.25) is 5.90 Å². The Morgan fingerprint density at radius 3 is 2.60 bits per heavy atom. The van der Waals surface area contributed by atoms with Crippen molar-refractivity contribution in [3.8, 4) is 5.75 Å². The van der Waals surface area contributed by atoms with Crippen LogP contribution >= 0.6 is 15.9 Å². The molecule has 0 spiro atoms. The number of halogens is 1. The minimum Gasteiger partial charge on any atom is -0.494 e. The fraction of sp³-hybridized carbons (Fsp3) is 0.333. The number of hydrogen-bond acceptors (Lipinski definition) is 6. The molecule has 10 heteroatoms. The molecule has 9 nitrogen and oxygen atoms in total. The van der Waals surface area contributed by atoms with E-state index in [1.54, 1.807) is 0 Å². The molecule has 1 aliphatic carbocycles. The first-order valence-electron chi connectivity index (χ1n) is 13.3. The first kappa shape index (κ1) is 27.7. The average molecular weight is 605 g/mol. The molecule has 3 aromatic carbocycles. The summed E-state index contributed by atoms with van der Waals surface area (Å²) >= 11 is 3.50. The molecule has 2 aliphatic rings. The van der Waals surface area contributed by atoms with Gasteiger partial charge in [-0.25, -0.2) is 4.99 Å². The van der Waals surface area contributed by atoms with Crippen molar-refractivity contribution in [1.29, 1.82) is 0 Å². The molecule has 40 heavy (non-hydrogen) atoms. The SMILES string of the molecule is [N-]=[N+]=NCc1ccccc1[C@H]1OC(c2ccc(OCCCO)cc2)=N[C@@]1(Cc1ccc(Br)cc1)C(=O)NC1CC1. The second-order valence-electron chi connectivity index (χ2n) is 9.93. The first-order valence-corrected chi connectivity index (χ1v) is 14.1. The van der Waals surface area contributed by atoms with Crippen molar-refractivity contribution >= 4 is 27.7 Å². The highest BCUT2D eigenvalue weighted by Crippen LogP contribution is 2.44. The van der Waals surface area contributed by atoms with Crippen LogP contribution in [0.1, 0.15) is 47.6 Å². The molecular weight excluding hydrogens is 574 g/mol. The van der Waals surface area contributed by atoms with Gasteiger partial charge in [0.25, 0.3) is 5.91 Å². The van der Waals surface area contributed by atoms with E-state index in [9.17, 15) is 4.79 Å². The highest BCUT2D eigenvalue weighted by atomic mass is 79.9. The first-order chi connectivity index (χ1) is 19.5. The van der Waals surface area contributed by atoms with E-state index in [0.717, 1.165) is 34.0 Å². The Bertz CT molecular complexity index is 1420. The van der Waals surface area contributed by atoms with Gasteiger partial charge in [-0.05, 0) is 71.5 Å². The Morgan fingerprint density at radius 2 is 1.90 bits per heavy atom. The molecule has 5 rings (SSSR count). The van der Waals surface area contributed by atoms with Gasteiger partial charge in [0.05, 0.1) is 13.2 Å². The van der Waals surface area contributed by atoms with Crippen LogP contribution in [0.5, 0.6) is 5.75 Å². The summed E-state index contributed by atoms with van der Waals surface area (Å²) in [6, 6.07) is 22.9. The maximum Gasteiger partial charge on any atom is 0.252 e. The summed E-state index contributed by atoms with van der Waals surface area (Å²) in [5, 5.41) is 16.0. The van der Waals surface area contributed by atoms with Gasteiger partial charge in [0.15, 0.2) is 11.6 Å². The third kappa shape index (κ3) is 6.31. The fourth-order valence-electron chi connectivity index (χ4n) is 4.75. The Hall–Kier alpha value is -3.85. The normalized spacial score (nSPS) is 19.8. The van der Waals surface area contributed by atoms with Crippen molar-refractivity contribution in [2.75, 3.05) is 13.2 Å². The van der Waals surface area contributed by atoms with E-state index in [4.69, 9.17) is 25.1 Å². The molecule has 2 atom stereocenters. The van der Waals surface area contributed by atoms with E-state index in [1.165, 1.54) is 0 Å². The second-order valence-corrected chi connectivity index (χ2v) is 10.8. The van der Waals surface area contributed by atoms with Crippen LogP contribution in [-0.4, -0.2) is 41.7 Å². The van der Waals surface area contributed by atoms with Crippen LogP contribution in [0.3, 0.4) is 0 Å². The molecule has 1 heterocycles. The molecule has 2 N–H and O–H groups in total. The van der Waals surface area contributed by atoms with Gasteiger partial charge < -0.3 is 19.9 Å². The summed E-state index contributed by atoms with van der Waals surface area (Å²) < 4.78 is 13.2. The molecule has 1 saturated carbocycles. The van der Waals surface area contributed by atoms with Crippen LogP contribution in [0.25, 0.3) is 10.4 Å². The molecule has 0 saturated heterocycles. The van der Waals surface area contributed by atoms with Crippen LogP contribution < -0.4 is 10.1 Å². The Kier molecular flexibility index (Phi) is 8.69. The van der Waals surface area contributed by atoms with Crippen LogP contribution in [0, 0.1) is 0 Å². The van der Waals surface area contributed by atoms with Gasteiger partial charge in [-0.2, -0.15) is 0 Å². The summed E-state index contributed by atoms with van der Waals surface area (Å²) in [5.74, 6) is 0.827. The van der Waals surface area contributed by atoms with Crippen LogP contribution in [0.4, 0.5) is 0 Å². The van der Waals surface area contributed by atoms with Gasteiger partial charge in [-0.15, -0.1) is 0 Å². The van der Waals surface area contributed by atoms with E-state index in [-0.39, 0.29) is 25.1 Å². The number of hydrogen-bond donors (Lipinski definition) is 2. The molecule has 206 valence electrons. The number of carbonyl (C=O) groups excluding carboxylic acids is 1. The quantitative estimate of drug-likeness (QED) is 0.117. The molecule has 0 bridgehead atoms. The van der Waals surface area contributed by atoms with Gasteiger partial charge in [-0.1, -0.05) is 57.4 Å². The fourth-order valence-corrected chi connectivity index (χ4v) is 5.02. The number of ether oxygens (including phenoxy) is 2. The van der Waals surface area contributed by atoms with Gasteiger partial charge >= 0.3 is 0 Å². The zero-order chi connectivity index (χ0) is 28.0. The lowest BCUT2D eigenvalue weighted by molar-refractivity contribution is -0.129. The smallest absolute Gasteiger partial charge is 0.252 e. The van der Waals surface area contributed by atoms with E-state index >= 15 is 0 Å². The number of amides is 1. The van der Waals surface area contributed by atoms with Crippen molar-refractivity contribution in [3.63, 3.8) is 0 Å². The van der Waals surface area contributed by atoms with Crippen molar-refractivity contribution in [2.24, 2.45) is 10.1 Å². The zero-order valence-electron chi connectivity index (χ0n) is 21.9. The van der Waals surface area contributed by atoms with Crippen molar-refractivity contribution in [2.45, 2.75) is 49.9 Å². The summed E-state index contributed by atoms with van der Waals surface area (Å²) in [6.07, 6.45) is 1.98. The predicted molar refractivity (Wildman–Crippen MR) is 155 cm³/mol. The number of benzene rings is 3. The molecule has 1 fully saturated rings. The predicted octanol–water partition coefficient (Wildman–Crippen LogP) is 5.80. The number of azide groups is 1. The standard InChI is InChI=1S/C30H30BrN5O4/c31-23-10-6-20(7-11-23)18-30(29(38)34-24-12-13-24)27(26-5-2-1-4-22(26)19-33-36-32)40-28(35-30)21-8-14-25(15-9-21)39-17-3-16-37/h1-2,4-11,14-15,24,27,37H,3,12-13,16-19H2,(H,34,38)/t27-,30-/m1/s1. The monoisotopic (exact) mass is 603 g/mol. The summed E-state index contributed by atoms with van der Waals surface area (Å²) in [5.41, 5.74) is 10.9. The Balaban J connectivity index is 1.59. The molecule has 1 amide bonds. The molecule has 0 radical (unpaired) electrons. The third-order valence-electron chi connectivity index (χ3n) is 6.97. The topological polar surface area (TPSA) is 129 Å². The Morgan fingerprint density at radius 1 is 1.15 bits per heavy atom. The maximum absolute atomic E-state index is 14.1. The van der Waals surface area contributed by atoms with Crippen molar-refractivity contribution in [1.82, 2.24) is 5.32 Å². The van der Waals surface area contributed by atoms with Crippen LogP contribution in [-0.2, 0) is 22.5 Å². The number of carbonyl (C=O) groups is 1. The van der Waals surface area contributed by atoms with E-state index < -0.39 is 11.6 Å². The Labute approximate surface area is 241 Å². The van der Waals surface area contributed by atoms with Gasteiger partial charge in [-0.3, -0.25) is 4.79 Å². The van der Waals surface area contributed by atoms with Gasteiger partial charge in [0.1, 0.15) is 5.75 Å². The summed E-state index contributed by atoms with van der Waals surface area (Å²) in [4.78, 5) is 22.1. The molecule has 1 aliphatic heterocycles. The molecular formula is C30H30BrN5O4.